The van der Waals surface area contributed by atoms with Gasteiger partial charge in [-0.1, -0.05) is 23.7 Å². The smallest absolute Gasteiger partial charge is 0.226 e. The monoisotopic (exact) mass is 538 g/mol. The molecule has 3 atom stereocenters. The summed E-state index contributed by atoms with van der Waals surface area (Å²) in [6, 6.07) is 12.0. The van der Waals surface area contributed by atoms with Crippen LogP contribution in [0.2, 0.25) is 5.02 Å². The first-order valence-electron chi connectivity index (χ1n) is 11.8. The van der Waals surface area contributed by atoms with Gasteiger partial charge in [0.2, 0.25) is 10.0 Å². The van der Waals surface area contributed by atoms with Crippen LogP contribution in [0.1, 0.15) is 23.4 Å². The standard InChI is InChI=1S/C26H27ClN6O3S/c1-3-25(24-10-18-9-19(27)5-7-22(18)31-24)37(35,36)32-11-16(2)33(20(13-32)14-34)12-17-4-6-21-23(8-17)29-15-30-26(21)28/h3-10,14-16,20,25,31H,1,11-13H2,2H3,(H2,28,29,30)/t16-,20?,25?/m0/s1. The lowest BCUT2D eigenvalue weighted by Crippen LogP contribution is -2.59. The van der Waals surface area contributed by atoms with Crippen LogP contribution in [0, 0.1) is 0 Å². The summed E-state index contributed by atoms with van der Waals surface area (Å²) in [6.45, 7) is 6.48. The van der Waals surface area contributed by atoms with Crippen molar-refractivity contribution in [3.05, 3.63) is 77.7 Å². The summed E-state index contributed by atoms with van der Waals surface area (Å²) in [5, 5.41) is 1.15. The molecule has 0 spiro atoms. The number of nitrogen functional groups attached to an aromatic ring is 1. The summed E-state index contributed by atoms with van der Waals surface area (Å²) >= 11 is 6.10. The van der Waals surface area contributed by atoms with Crippen molar-refractivity contribution in [3.63, 3.8) is 0 Å². The highest BCUT2D eigenvalue weighted by atomic mass is 35.5. The normalized spacial score (nSPS) is 20.3. The first-order valence-corrected chi connectivity index (χ1v) is 13.7. The molecule has 2 unspecified atom stereocenters. The summed E-state index contributed by atoms with van der Waals surface area (Å²) in [5.74, 6) is 0.407. The van der Waals surface area contributed by atoms with E-state index in [1.165, 1.54) is 16.7 Å². The summed E-state index contributed by atoms with van der Waals surface area (Å²) in [4.78, 5) is 25.7. The van der Waals surface area contributed by atoms with Crippen LogP contribution in [-0.2, 0) is 21.4 Å². The van der Waals surface area contributed by atoms with Crippen LogP contribution in [0.5, 0.6) is 0 Å². The molecule has 2 aromatic heterocycles. The van der Waals surface area contributed by atoms with Crippen LogP contribution in [-0.4, -0.2) is 64.0 Å². The van der Waals surface area contributed by atoms with Crippen molar-refractivity contribution in [1.82, 2.24) is 24.2 Å². The van der Waals surface area contributed by atoms with Gasteiger partial charge in [-0.3, -0.25) is 4.90 Å². The highest BCUT2D eigenvalue weighted by Gasteiger charge is 2.40. The van der Waals surface area contributed by atoms with E-state index in [0.29, 0.717) is 23.1 Å². The zero-order chi connectivity index (χ0) is 26.3. The van der Waals surface area contributed by atoms with Gasteiger partial charge in [-0.2, -0.15) is 4.31 Å². The van der Waals surface area contributed by atoms with E-state index in [1.807, 2.05) is 36.1 Å². The van der Waals surface area contributed by atoms with Gasteiger partial charge >= 0.3 is 0 Å². The van der Waals surface area contributed by atoms with Gasteiger partial charge in [0, 0.05) is 52.7 Å². The Hall–Kier alpha value is -3.31. The van der Waals surface area contributed by atoms with Crippen LogP contribution in [0.4, 0.5) is 5.82 Å². The molecule has 0 saturated carbocycles. The number of aromatic nitrogens is 3. The second-order valence-corrected chi connectivity index (χ2v) is 11.8. The molecular weight excluding hydrogens is 512 g/mol. The number of carbonyl (C=O) groups excluding carboxylic acids is 1. The Labute approximate surface area is 220 Å². The van der Waals surface area contributed by atoms with Crippen LogP contribution in [0.15, 0.2) is 61.4 Å². The zero-order valence-electron chi connectivity index (χ0n) is 20.2. The van der Waals surface area contributed by atoms with Crippen molar-refractivity contribution in [3.8, 4) is 0 Å². The number of nitrogens with one attached hydrogen (secondary N) is 1. The molecule has 4 aromatic rings. The quantitative estimate of drug-likeness (QED) is 0.271. The molecule has 11 heteroatoms. The van der Waals surface area contributed by atoms with Crippen LogP contribution >= 0.6 is 11.6 Å². The molecular formula is C26H27ClN6O3S. The van der Waals surface area contributed by atoms with Gasteiger partial charge in [-0.05, 0) is 48.9 Å². The van der Waals surface area contributed by atoms with Crippen LogP contribution < -0.4 is 5.73 Å². The molecule has 0 radical (unpaired) electrons. The summed E-state index contributed by atoms with van der Waals surface area (Å²) in [6.07, 6.45) is 3.64. The predicted octanol–water partition coefficient (Wildman–Crippen LogP) is 3.68. The van der Waals surface area contributed by atoms with E-state index in [0.717, 1.165) is 33.7 Å². The second-order valence-electron chi connectivity index (χ2n) is 9.31. The Kier molecular flexibility index (Phi) is 6.76. The maximum atomic E-state index is 13.8. The molecule has 192 valence electrons. The number of piperazine rings is 1. The maximum absolute atomic E-state index is 13.8. The van der Waals surface area contributed by atoms with Crippen LogP contribution in [0.3, 0.4) is 0 Å². The summed E-state index contributed by atoms with van der Waals surface area (Å²) in [7, 11) is -3.86. The number of halogens is 1. The van der Waals surface area contributed by atoms with Gasteiger partial charge < -0.3 is 15.5 Å². The number of H-pyrrole nitrogens is 1. The van der Waals surface area contributed by atoms with E-state index in [1.54, 1.807) is 18.2 Å². The molecule has 37 heavy (non-hydrogen) atoms. The number of aromatic amines is 1. The minimum Gasteiger partial charge on any atom is -0.383 e. The highest BCUT2D eigenvalue weighted by Crippen LogP contribution is 2.32. The molecule has 0 aliphatic carbocycles. The van der Waals surface area contributed by atoms with Crippen molar-refractivity contribution < 1.29 is 13.2 Å². The molecule has 9 nitrogen and oxygen atoms in total. The van der Waals surface area contributed by atoms with Crippen molar-refractivity contribution in [2.24, 2.45) is 0 Å². The van der Waals surface area contributed by atoms with Crippen LogP contribution in [0.25, 0.3) is 21.8 Å². The van der Waals surface area contributed by atoms with E-state index in [2.05, 4.69) is 21.5 Å². The first-order chi connectivity index (χ1) is 17.7. The van der Waals surface area contributed by atoms with E-state index in [-0.39, 0.29) is 19.1 Å². The van der Waals surface area contributed by atoms with E-state index in [4.69, 9.17) is 17.3 Å². The minimum atomic E-state index is -3.86. The number of anilines is 1. The SMILES string of the molecule is C=CC(c1cc2cc(Cl)ccc2[nH]1)S(=O)(=O)N1CC(C=O)N(Cc2ccc3c(N)ncnc3c2)[C@@H](C)C1. The Morgan fingerprint density at radius 2 is 2.03 bits per heavy atom. The summed E-state index contributed by atoms with van der Waals surface area (Å²) < 4.78 is 28.9. The Bertz CT molecular complexity index is 1600. The average Bonchev–Trinajstić information content (AvgIpc) is 3.27. The number of rotatable bonds is 7. The van der Waals surface area contributed by atoms with Crippen molar-refractivity contribution in [2.75, 3.05) is 18.8 Å². The van der Waals surface area contributed by atoms with E-state index in [9.17, 15) is 13.2 Å². The number of hydrogen-bond donors (Lipinski definition) is 2. The van der Waals surface area contributed by atoms with Gasteiger partial charge in [0.1, 0.15) is 23.7 Å². The Morgan fingerprint density at radius 3 is 2.78 bits per heavy atom. The Morgan fingerprint density at radius 1 is 1.22 bits per heavy atom. The number of fused-ring (bicyclic) bond motifs is 2. The molecule has 1 aliphatic heterocycles. The molecule has 3 heterocycles. The van der Waals surface area contributed by atoms with Gasteiger partial charge in [-0.15, -0.1) is 6.58 Å². The van der Waals surface area contributed by atoms with Crippen molar-refractivity contribution >= 4 is 55.5 Å². The molecule has 5 rings (SSSR count). The van der Waals surface area contributed by atoms with Gasteiger partial charge in [0.15, 0.2) is 0 Å². The van der Waals surface area contributed by atoms with Crippen molar-refractivity contribution in [1.29, 1.82) is 0 Å². The van der Waals surface area contributed by atoms with Gasteiger partial charge in [-0.25, -0.2) is 18.4 Å². The Balaban J connectivity index is 1.39. The molecule has 2 aromatic carbocycles. The van der Waals surface area contributed by atoms with Crippen molar-refractivity contribution in [2.45, 2.75) is 30.8 Å². The number of nitrogens with zero attached hydrogens (tertiary/aromatic N) is 4. The highest BCUT2D eigenvalue weighted by molar-refractivity contribution is 7.89. The molecule has 1 saturated heterocycles. The predicted molar refractivity (Wildman–Crippen MR) is 146 cm³/mol. The molecule has 1 fully saturated rings. The van der Waals surface area contributed by atoms with Gasteiger partial charge in [0.05, 0.1) is 11.6 Å². The average molecular weight is 539 g/mol. The fourth-order valence-electron chi connectivity index (χ4n) is 5.00. The second kappa shape index (κ2) is 9.86. The lowest BCUT2D eigenvalue weighted by molar-refractivity contribution is -0.115. The fraction of sp³-hybridized carbons (Fsp3) is 0.269. The number of aldehydes is 1. The molecule has 0 amide bonds. The minimum absolute atomic E-state index is 0.0509. The molecule has 1 aliphatic rings. The summed E-state index contributed by atoms with van der Waals surface area (Å²) in [5.41, 5.74) is 8.88. The van der Waals surface area contributed by atoms with E-state index < -0.39 is 21.3 Å². The topological polar surface area (TPSA) is 125 Å². The fourth-order valence-corrected chi connectivity index (χ4v) is 6.97. The van der Waals surface area contributed by atoms with Gasteiger partial charge in [0.25, 0.3) is 0 Å². The molecule has 0 bridgehead atoms. The number of benzene rings is 2. The largest absolute Gasteiger partial charge is 0.383 e. The molecule has 3 N–H and O–H groups in total. The number of nitrogens with two attached hydrogens (primary N) is 1. The van der Waals surface area contributed by atoms with E-state index >= 15 is 0 Å². The number of sulfonamides is 1. The first kappa shape index (κ1) is 25.3. The third kappa shape index (κ3) is 4.73. The number of carbonyl (C=O) groups is 1. The third-order valence-corrected chi connectivity index (χ3v) is 9.25. The zero-order valence-corrected chi connectivity index (χ0v) is 21.8. The maximum Gasteiger partial charge on any atom is 0.226 e. The lowest BCUT2D eigenvalue weighted by atomic mass is 10.1. The third-order valence-electron chi connectivity index (χ3n) is 6.91. The number of hydrogen-bond acceptors (Lipinski definition) is 7. The lowest BCUT2D eigenvalue weighted by Gasteiger charge is -2.43.